The third-order valence-corrected chi connectivity index (χ3v) is 26.6. The van der Waals surface area contributed by atoms with Gasteiger partial charge in [0.1, 0.15) is 30.1 Å². The molecule has 1 saturated carbocycles. The third kappa shape index (κ3) is 28.8. The summed E-state index contributed by atoms with van der Waals surface area (Å²) in [6, 6.07) is 12.2. The van der Waals surface area contributed by atoms with E-state index < -0.39 is 95.2 Å². The Morgan fingerprint density at radius 3 is 2.06 bits per heavy atom. The van der Waals surface area contributed by atoms with Gasteiger partial charge in [-0.1, -0.05) is 88.4 Å². The second-order valence-electron chi connectivity index (χ2n) is 36.4. The minimum absolute atomic E-state index is 0.0117. The van der Waals surface area contributed by atoms with E-state index in [0.29, 0.717) is 171 Å². The molecule has 31 nitrogen and oxygen atoms in total. The summed E-state index contributed by atoms with van der Waals surface area (Å²) >= 11 is 0. The second kappa shape index (κ2) is 51.3. The van der Waals surface area contributed by atoms with Gasteiger partial charge in [-0.05, 0) is 175 Å². The molecular formula is C100H139F3N10O21. The number of aliphatic hydroxyl groups is 2. The number of ketones is 3. The Bertz CT molecular complexity index is 5030. The van der Waals surface area contributed by atoms with Crippen molar-refractivity contribution in [2.75, 3.05) is 145 Å². The Hall–Kier alpha value is -9.14. The lowest BCUT2D eigenvalue weighted by Crippen LogP contribution is -2.61. The molecule has 11 rings (SSSR count). The SMILES string of the molecule is CO[C@H]1C[C@@H]2CC[C@@H](C)[C@@](O)(O2)C(=O)C(=O)N2CCCC[C@H]2C(=O)O[C@H]([C@H](C)C[C@@H]2CC[C@@H](OCCCCc3cn(CCOCCOCCOCCOCCOCCOCCC(=O)N4CCN(c5ccc(-n6c(=O)n(C)c7cnc8ccc(-c9ccc(C)nc9)cc8c76)cc5C(F)(F)F)CC4)nn3)[C@H](OC)C2)CC(=O)[C@H](C)/C=C(\C)[C@@H](O)[C@@H](OC)C(=O)[C@H](C)C[C@H](C)/C=C/C=C/C=C/1C. The molecular weight excluding hydrogens is 1730 g/mol. The van der Waals surface area contributed by atoms with E-state index in [1.54, 1.807) is 75.0 Å². The first-order chi connectivity index (χ1) is 64.4. The number of hydrogen-bond acceptors (Lipinski definition) is 26. The van der Waals surface area contributed by atoms with E-state index in [9.17, 15) is 43.8 Å². The van der Waals surface area contributed by atoms with E-state index in [1.807, 2.05) is 102 Å². The van der Waals surface area contributed by atoms with E-state index >= 15 is 13.2 Å². The van der Waals surface area contributed by atoms with Crippen molar-refractivity contribution in [2.24, 2.45) is 42.6 Å². The standard InChI is InChI=1S/C100H139F3N10O21/c1-65-20-14-13-15-21-66(2)87(123-10)60-78-30-24-71(7)99(122,134-78)95(118)96(119)112-35-18-16-23-83(112)97(120)133-88(61-85(114)67(3)55-70(6)93(117)94(125-12)92(116)69(5)54-65)68(4)56-73-26-33-86(89(57-73)124-11)132-41-19-17-22-76-64-111(107-106-76)40-43-127-45-47-129-49-51-131-53-52-130-50-48-128-46-44-126-42-34-90(115)110-38-36-109(37-39-110)82-32-29-77(59-80(82)100(101,102)103)113-91-79-58-74(75-27-25-72(8)104-62-75)28-31-81(79)105-63-84(91)108(9)98(113)121/h13-15,20-21,25,27-29,31-32,55,58-59,62-65,67-69,71,73,78,83,86-89,93-94,117,122H,16-19,22-24,26,30,33-54,56-57,60-61H2,1-12H3/b15-13+,20-14+,66-21+,70-55+/t65-,67-,68-,69-,71-,73+,78+,83+,86-,87+,88+,89-,93-,94+,99-/m1/s1. The highest BCUT2D eigenvalue weighted by molar-refractivity contribution is 6.39. The summed E-state index contributed by atoms with van der Waals surface area (Å²) in [6.45, 7) is 20.6. The molecule has 8 heterocycles. The van der Waals surface area contributed by atoms with Crippen LogP contribution in [0, 0.1) is 42.4 Å². The van der Waals surface area contributed by atoms with Crippen LogP contribution in [-0.4, -0.2) is 284 Å². The molecule has 3 saturated heterocycles. The van der Waals surface area contributed by atoms with Crippen molar-refractivity contribution >= 4 is 62.8 Å². The number of rotatable bonds is 36. The average Bonchev–Trinajstić information content (AvgIpc) is 1.57. The van der Waals surface area contributed by atoms with Crippen molar-refractivity contribution in [1.82, 2.24) is 43.9 Å². The number of ether oxygens (including phenoxy) is 12. The Morgan fingerprint density at radius 2 is 1.39 bits per heavy atom. The highest BCUT2D eigenvalue weighted by Gasteiger charge is 2.53. The summed E-state index contributed by atoms with van der Waals surface area (Å²) in [4.78, 5) is 113. The summed E-state index contributed by atoms with van der Waals surface area (Å²) in [5.41, 5.74) is 4.69. The van der Waals surface area contributed by atoms with Crippen LogP contribution in [0.4, 0.5) is 18.9 Å². The van der Waals surface area contributed by atoms with Gasteiger partial charge in [0.25, 0.3) is 11.7 Å². The molecule has 15 atom stereocenters. The minimum Gasteiger partial charge on any atom is -0.460 e. The number of imidazole rings is 1. The van der Waals surface area contributed by atoms with E-state index in [-0.39, 0.29) is 124 Å². The Morgan fingerprint density at radius 1 is 0.694 bits per heavy atom. The van der Waals surface area contributed by atoms with Crippen molar-refractivity contribution in [2.45, 2.75) is 225 Å². The lowest BCUT2D eigenvalue weighted by molar-refractivity contribution is -0.265. The maximum atomic E-state index is 15.0. The predicted molar refractivity (Wildman–Crippen MR) is 497 cm³/mol. The van der Waals surface area contributed by atoms with Crippen molar-refractivity contribution in [3.8, 4) is 16.8 Å². The monoisotopic (exact) mass is 1870 g/mol. The van der Waals surface area contributed by atoms with Crippen LogP contribution in [0.15, 0.2) is 120 Å². The van der Waals surface area contributed by atoms with Gasteiger partial charge in [-0.3, -0.25) is 43.1 Å². The Kier molecular flexibility index (Phi) is 40.3. The van der Waals surface area contributed by atoms with Crippen molar-refractivity contribution in [1.29, 1.82) is 0 Å². The zero-order valence-electron chi connectivity index (χ0n) is 79.9. The van der Waals surface area contributed by atoms with Gasteiger partial charge in [0.15, 0.2) is 5.78 Å². The van der Waals surface area contributed by atoms with Crippen molar-refractivity contribution < 1.29 is 109 Å². The molecule has 6 aromatic rings. The highest BCUT2D eigenvalue weighted by Crippen LogP contribution is 2.42. The van der Waals surface area contributed by atoms with Gasteiger partial charge < -0.3 is 81.8 Å². The number of anilines is 1. The van der Waals surface area contributed by atoms with E-state index in [1.165, 1.54) is 33.3 Å². The van der Waals surface area contributed by atoms with Gasteiger partial charge in [0.05, 0.1) is 156 Å². The number of aromatic nitrogens is 7. The van der Waals surface area contributed by atoms with Crippen LogP contribution in [0.5, 0.6) is 0 Å². The molecule has 2 N–H and O–H groups in total. The number of halogens is 3. The van der Waals surface area contributed by atoms with Crippen LogP contribution in [0.2, 0.25) is 0 Å². The molecule has 134 heavy (non-hydrogen) atoms. The number of allylic oxidation sites excluding steroid dienone is 6. The molecule has 2 amide bonds. The molecule has 0 spiro atoms. The summed E-state index contributed by atoms with van der Waals surface area (Å²) in [7, 11) is 6.20. The van der Waals surface area contributed by atoms with Gasteiger partial charge in [-0.2, -0.15) is 13.2 Å². The summed E-state index contributed by atoms with van der Waals surface area (Å²) < 4.78 is 120. The fourth-order valence-electron chi connectivity index (χ4n) is 18.6. The van der Waals surface area contributed by atoms with Crippen LogP contribution in [0.3, 0.4) is 0 Å². The number of piperidine rings is 1. The largest absolute Gasteiger partial charge is 0.460 e. The number of methoxy groups -OCH3 is 3. The Balaban J connectivity index is 0.534. The molecule has 4 aromatic heterocycles. The quantitative estimate of drug-likeness (QED) is 0.0160. The van der Waals surface area contributed by atoms with Gasteiger partial charge in [0, 0.05) is 133 Å². The molecule has 5 aliphatic rings. The molecule has 4 aliphatic heterocycles. The number of benzene rings is 2. The van der Waals surface area contributed by atoms with Gasteiger partial charge in [0.2, 0.25) is 11.7 Å². The first kappa shape index (κ1) is 105. The molecule has 1 aliphatic carbocycles. The number of alkyl halides is 3. The summed E-state index contributed by atoms with van der Waals surface area (Å²) in [5, 5.41) is 33.1. The maximum absolute atomic E-state index is 15.0. The zero-order chi connectivity index (χ0) is 96.2. The smallest absolute Gasteiger partial charge is 0.418 e. The molecule has 2 aromatic carbocycles. The topological polar surface area (TPSA) is 347 Å². The van der Waals surface area contributed by atoms with Crippen molar-refractivity contribution in [3.63, 3.8) is 0 Å². The van der Waals surface area contributed by atoms with Crippen molar-refractivity contribution in [3.05, 3.63) is 142 Å². The number of esters is 1. The Labute approximate surface area is 783 Å². The normalized spacial score (nSPS) is 26.6. The average molecular weight is 1870 g/mol. The third-order valence-electron chi connectivity index (χ3n) is 26.6. The lowest BCUT2D eigenvalue weighted by atomic mass is 9.78. The summed E-state index contributed by atoms with van der Waals surface area (Å²) in [6.07, 6.45) is 14.5. The number of unbranched alkanes of at least 4 members (excludes halogenated alkanes) is 1. The number of carbonyl (C=O) groups is 6. The fraction of sp³-hybridized carbons (Fsp3) is 0.630. The van der Waals surface area contributed by atoms with Crippen LogP contribution in [0.1, 0.15) is 162 Å². The summed E-state index contributed by atoms with van der Waals surface area (Å²) in [5.74, 6) is -8.44. The molecule has 736 valence electrons. The van der Waals surface area contributed by atoms with Gasteiger partial charge >= 0.3 is 17.8 Å². The minimum atomic E-state index is -4.75. The molecule has 34 heteroatoms. The first-order valence-corrected chi connectivity index (χ1v) is 47.5. The van der Waals surface area contributed by atoms with Crippen LogP contribution >= 0.6 is 0 Å². The maximum Gasteiger partial charge on any atom is 0.418 e. The number of fused-ring (bicyclic) bond motifs is 6. The number of nitrogens with zero attached hydrogens (tertiary/aromatic N) is 10. The van der Waals surface area contributed by atoms with Crippen LogP contribution in [0.25, 0.3) is 38.8 Å². The number of carbonyl (C=O) groups excluding carboxylic acids is 6. The van der Waals surface area contributed by atoms with Gasteiger partial charge in [-0.15, -0.1) is 5.10 Å². The number of aliphatic hydroxyl groups excluding tert-OH is 1. The second-order valence-corrected chi connectivity index (χ2v) is 36.4. The van der Waals surface area contributed by atoms with E-state index in [0.717, 1.165) is 53.4 Å². The number of piperazine rings is 1. The predicted octanol–water partition coefficient (Wildman–Crippen LogP) is 12.2. The highest BCUT2D eigenvalue weighted by atomic mass is 19.4. The molecule has 4 fully saturated rings. The van der Waals surface area contributed by atoms with Crippen LogP contribution < -0.4 is 10.6 Å². The molecule has 0 radical (unpaired) electrons. The first-order valence-electron chi connectivity index (χ1n) is 47.5. The van der Waals surface area contributed by atoms with E-state index in [4.69, 9.17) is 56.8 Å². The molecule has 0 unspecified atom stereocenters. The number of Topliss-reactive ketones (excluding diaryl/α,β-unsaturated/α-hetero) is 3. The lowest BCUT2D eigenvalue weighted by Gasteiger charge is -2.42. The van der Waals surface area contributed by atoms with E-state index in [2.05, 4.69) is 20.3 Å². The molecule has 2 bridgehead atoms. The number of amides is 2. The number of cyclic esters (lactones) is 1. The number of aryl methyl sites for hydroxylation is 3. The number of pyridine rings is 2. The van der Waals surface area contributed by atoms with Gasteiger partial charge in [-0.25, -0.2) is 14.3 Å². The van der Waals surface area contributed by atoms with Crippen LogP contribution in [-0.2, 0) is 112 Å². The zero-order valence-corrected chi connectivity index (χ0v) is 79.9. The fourth-order valence-corrected chi connectivity index (χ4v) is 18.6. The number of hydrogen-bond donors (Lipinski definition) is 2.